The number of quaternary nitrogens is 1. The molecule has 0 spiro atoms. The Morgan fingerprint density at radius 3 is 2.74 bits per heavy atom. The molecule has 23 heavy (non-hydrogen) atoms. The van der Waals surface area contributed by atoms with Crippen LogP contribution in [0.15, 0.2) is 28.7 Å². The average Bonchev–Trinajstić information content (AvgIpc) is 2.56. The molecule has 1 amide bonds. The Balaban J connectivity index is 1.85. The highest BCUT2D eigenvalue weighted by molar-refractivity contribution is 9.10. The van der Waals surface area contributed by atoms with Crippen molar-refractivity contribution in [3.05, 3.63) is 34.3 Å². The predicted octanol–water partition coefficient (Wildman–Crippen LogP) is 0.581. The van der Waals surface area contributed by atoms with Gasteiger partial charge < -0.3 is 14.5 Å². The molecule has 1 aliphatic heterocycles. The van der Waals surface area contributed by atoms with Crippen LogP contribution in [-0.2, 0) is 20.9 Å². The van der Waals surface area contributed by atoms with E-state index in [0.29, 0.717) is 19.6 Å². The Morgan fingerprint density at radius 1 is 1.39 bits per heavy atom. The summed E-state index contributed by atoms with van der Waals surface area (Å²) < 4.78 is 5.83. The smallest absolute Gasteiger partial charge is 0.320 e. The largest absolute Gasteiger partial charge is 0.468 e. The Kier molecular flexibility index (Phi) is 6.92. The highest BCUT2D eigenvalue weighted by atomic mass is 79.9. The van der Waals surface area contributed by atoms with E-state index in [1.54, 1.807) is 16.7 Å². The van der Waals surface area contributed by atoms with Gasteiger partial charge in [-0.2, -0.15) is 0 Å². The van der Waals surface area contributed by atoms with Crippen molar-refractivity contribution in [2.45, 2.75) is 11.8 Å². The number of nitrogens with one attached hydrogen (secondary N) is 1. The van der Waals surface area contributed by atoms with Gasteiger partial charge in [0.1, 0.15) is 11.8 Å². The van der Waals surface area contributed by atoms with E-state index in [1.165, 1.54) is 12.7 Å². The maximum Gasteiger partial charge on any atom is 0.320 e. The second-order valence-electron chi connectivity index (χ2n) is 5.66. The van der Waals surface area contributed by atoms with Crippen LogP contribution in [0.5, 0.6) is 0 Å². The molecule has 1 heterocycles. The van der Waals surface area contributed by atoms with E-state index >= 15 is 0 Å². The summed E-state index contributed by atoms with van der Waals surface area (Å²) in [4.78, 5) is 27.0. The van der Waals surface area contributed by atoms with E-state index < -0.39 is 0 Å². The van der Waals surface area contributed by atoms with Gasteiger partial charge in [0.15, 0.2) is 6.54 Å². The fourth-order valence-electron chi connectivity index (χ4n) is 2.53. The lowest BCUT2D eigenvalue weighted by Crippen LogP contribution is -3.08. The maximum atomic E-state index is 12.4. The van der Waals surface area contributed by atoms with Gasteiger partial charge in [0.2, 0.25) is 0 Å². The number of carbonyl (C=O) groups is 2. The zero-order valence-corrected chi connectivity index (χ0v) is 15.8. The molecule has 1 fully saturated rings. The first-order valence-electron chi connectivity index (χ1n) is 7.52. The van der Waals surface area contributed by atoms with Crippen LogP contribution >= 0.6 is 27.7 Å². The van der Waals surface area contributed by atoms with Crippen molar-refractivity contribution in [1.82, 2.24) is 4.90 Å². The number of methoxy groups -OCH3 is 1. The van der Waals surface area contributed by atoms with Crippen LogP contribution in [0.1, 0.15) is 5.56 Å². The van der Waals surface area contributed by atoms with Crippen LogP contribution in [-0.4, -0.2) is 61.6 Å². The van der Waals surface area contributed by atoms with Crippen molar-refractivity contribution in [2.75, 3.05) is 39.5 Å². The summed E-state index contributed by atoms with van der Waals surface area (Å²) in [6.45, 7) is 2.36. The fraction of sp³-hybridized carbons (Fsp3) is 0.500. The van der Waals surface area contributed by atoms with E-state index in [2.05, 4.69) is 28.1 Å². The van der Waals surface area contributed by atoms with E-state index in [9.17, 15) is 9.59 Å². The number of hydrogen-bond acceptors (Lipinski definition) is 4. The molecule has 0 bridgehead atoms. The summed E-state index contributed by atoms with van der Waals surface area (Å²) in [5, 5.41) is -0.260. The van der Waals surface area contributed by atoms with Crippen molar-refractivity contribution in [2.24, 2.45) is 0 Å². The third-order valence-electron chi connectivity index (χ3n) is 3.76. The van der Waals surface area contributed by atoms with Crippen LogP contribution in [0.2, 0.25) is 0 Å². The Hall–Kier alpha value is -1.05. The predicted molar refractivity (Wildman–Crippen MR) is 94.4 cm³/mol. The molecule has 0 aromatic heterocycles. The molecule has 0 aliphatic carbocycles. The molecular weight excluding hydrogens is 380 g/mol. The first-order chi connectivity index (χ1) is 11.0. The maximum absolute atomic E-state index is 12.4. The van der Waals surface area contributed by atoms with E-state index in [1.807, 2.05) is 19.2 Å². The number of hydrogen-bond donors (Lipinski definition) is 1. The molecule has 7 heteroatoms. The van der Waals surface area contributed by atoms with Crippen LogP contribution in [0.25, 0.3) is 0 Å². The highest BCUT2D eigenvalue weighted by Crippen LogP contribution is 2.19. The van der Waals surface area contributed by atoms with E-state index in [0.717, 1.165) is 21.7 Å². The molecule has 1 N–H and O–H groups in total. The molecule has 1 aliphatic rings. The van der Waals surface area contributed by atoms with Crippen molar-refractivity contribution < 1.29 is 19.2 Å². The second kappa shape index (κ2) is 8.70. The van der Waals surface area contributed by atoms with Crippen molar-refractivity contribution in [1.29, 1.82) is 0 Å². The minimum absolute atomic E-state index is 0.0915. The molecule has 2 atom stereocenters. The number of amides is 1. The fourth-order valence-corrected chi connectivity index (χ4v) is 3.93. The van der Waals surface area contributed by atoms with Crippen LogP contribution in [0.3, 0.4) is 0 Å². The van der Waals surface area contributed by atoms with Crippen LogP contribution in [0, 0.1) is 0 Å². The standard InChI is InChI=1S/C16H21BrN2O3S/c1-18(9-12-3-5-13(17)6-4-12)11-15(20)19-7-8-23-14(10-19)16(21)22-2/h3-6,14H,7-11H2,1-2H3/p+1/t14-/m1/s1. The molecule has 0 saturated carbocycles. The highest BCUT2D eigenvalue weighted by Gasteiger charge is 2.30. The third kappa shape index (κ3) is 5.51. The van der Waals surface area contributed by atoms with Gasteiger partial charge in [-0.15, -0.1) is 11.8 Å². The number of benzene rings is 1. The number of carbonyl (C=O) groups excluding carboxylic acids is 2. The first kappa shape index (κ1) is 18.3. The molecule has 1 aromatic carbocycles. The van der Waals surface area contributed by atoms with Gasteiger partial charge in [0, 0.05) is 28.9 Å². The molecule has 1 unspecified atom stereocenters. The molecule has 2 rings (SSSR count). The normalized spacial score (nSPS) is 19.3. The zero-order chi connectivity index (χ0) is 16.8. The van der Waals surface area contributed by atoms with Gasteiger partial charge in [-0.3, -0.25) is 9.59 Å². The average molecular weight is 402 g/mol. The molecule has 126 valence electrons. The number of halogens is 1. The Labute approximate surface area is 149 Å². The van der Waals surface area contributed by atoms with Gasteiger partial charge in [-0.25, -0.2) is 0 Å². The molecule has 0 radical (unpaired) electrons. The minimum atomic E-state index is -0.260. The van der Waals surface area contributed by atoms with Crippen LogP contribution in [0.4, 0.5) is 0 Å². The van der Waals surface area contributed by atoms with Gasteiger partial charge in [0.25, 0.3) is 5.91 Å². The van der Waals surface area contributed by atoms with Gasteiger partial charge in [-0.1, -0.05) is 28.1 Å². The number of nitrogens with zero attached hydrogens (tertiary/aromatic N) is 1. The monoisotopic (exact) mass is 401 g/mol. The lowest BCUT2D eigenvalue weighted by atomic mass is 10.2. The third-order valence-corrected chi connectivity index (χ3v) is 5.45. The van der Waals surface area contributed by atoms with Crippen LogP contribution < -0.4 is 4.90 Å². The number of thioether (sulfide) groups is 1. The Morgan fingerprint density at radius 2 is 2.09 bits per heavy atom. The van der Waals surface area contributed by atoms with Gasteiger partial charge in [-0.05, 0) is 12.1 Å². The number of ether oxygens (including phenoxy) is 1. The minimum Gasteiger partial charge on any atom is -0.468 e. The Bertz CT molecular complexity index is 553. The first-order valence-corrected chi connectivity index (χ1v) is 9.36. The van der Waals surface area contributed by atoms with Crippen molar-refractivity contribution >= 4 is 39.6 Å². The van der Waals surface area contributed by atoms with Gasteiger partial charge in [0.05, 0.1) is 14.2 Å². The second-order valence-corrected chi connectivity index (χ2v) is 7.89. The number of esters is 1. The van der Waals surface area contributed by atoms with Crippen molar-refractivity contribution in [3.63, 3.8) is 0 Å². The zero-order valence-electron chi connectivity index (χ0n) is 13.4. The van der Waals surface area contributed by atoms with Gasteiger partial charge >= 0.3 is 5.97 Å². The lowest BCUT2D eigenvalue weighted by molar-refractivity contribution is -0.885. The summed E-state index contributed by atoms with van der Waals surface area (Å²) >= 11 is 4.98. The summed E-state index contributed by atoms with van der Waals surface area (Å²) in [5.41, 5.74) is 1.19. The lowest BCUT2D eigenvalue weighted by Gasteiger charge is -2.31. The summed E-state index contributed by atoms with van der Waals surface area (Å²) in [7, 11) is 3.40. The summed E-state index contributed by atoms with van der Waals surface area (Å²) in [5.74, 6) is 0.619. The summed E-state index contributed by atoms with van der Waals surface area (Å²) in [6, 6.07) is 8.13. The molecule has 1 aromatic rings. The summed E-state index contributed by atoms with van der Waals surface area (Å²) in [6.07, 6.45) is 0. The number of rotatable bonds is 5. The molecular formula is C16H22BrN2O3S+. The molecule has 1 saturated heterocycles. The van der Waals surface area contributed by atoms with Crippen molar-refractivity contribution in [3.8, 4) is 0 Å². The number of likely N-dealkylation sites (N-methyl/N-ethyl adjacent to an activating group) is 1. The quantitative estimate of drug-likeness (QED) is 0.733. The van der Waals surface area contributed by atoms with E-state index in [-0.39, 0.29) is 17.1 Å². The molecule has 5 nitrogen and oxygen atoms in total. The van der Waals surface area contributed by atoms with E-state index in [4.69, 9.17) is 4.74 Å². The topological polar surface area (TPSA) is 51.0 Å². The SMILES string of the molecule is COC(=O)[C@H]1CN(C(=O)C[NH+](C)Cc2ccc(Br)cc2)CCS1.